The third-order valence-corrected chi connectivity index (χ3v) is 9.73. The van der Waals surface area contributed by atoms with Crippen LogP contribution in [-0.4, -0.2) is 9.13 Å². The minimum atomic E-state index is 0.607. The van der Waals surface area contributed by atoms with E-state index in [4.69, 9.17) is 11.0 Å². The van der Waals surface area contributed by atoms with E-state index in [2.05, 4.69) is 111 Å². The van der Waals surface area contributed by atoms with E-state index in [1.807, 2.05) is 54.6 Å². The fourth-order valence-electron chi connectivity index (χ4n) is 7.63. The van der Waals surface area contributed by atoms with E-state index < -0.39 is 0 Å². The summed E-state index contributed by atoms with van der Waals surface area (Å²) >= 11 is 0. The highest BCUT2D eigenvalue weighted by atomic mass is 16.3. The average Bonchev–Trinajstić information content (AvgIpc) is 3.81. The molecule has 0 aliphatic heterocycles. The summed E-state index contributed by atoms with van der Waals surface area (Å²) in [4.78, 5) is 3.77. The molecule has 49 heavy (non-hydrogen) atoms. The van der Waals surface area contributed by atoms with E-state index in [0.29, 0.717) is 11.3 Å². The smallest absolute Gasteiger partial charge is 0.188 e. The van der Waals surface area contributed by atoms with Crippen LogP contribution in [0.3, 0.4) is 0 Å². The van der Waals surface area contributed by atoms with E-state index in [0.717, 1.165) is 88.1 Å². The van der Waals surface area contributed by atoms with Gasteiger partial charge in [-0.1, -0.05) is 66.7 Å². The number of benzene rings is 7. The predicted molar refractivity (Wildman–Crippen MR) is 199 cm³/mol. The Balaban J connectivity index is 1.18. The molecule has 0 fully saturated rings. The summed E-state index contributed by atoms with van der Waals surface area (Å²) < 4.78 is 10.9. The summed E-state index contributed by atoms with van der Waals surface area (Å²) in [7, 11) is 0. The van der Waals surface area contributed by atoms with Crippen molar-refractivity contribution in [2.45, 2.75) is 0 Å². The highest BCUT2D eigenvalue weighted by Gasteiger charge is 2.20. The number of hydrogen-bond acceptors (Lipinski definition) is 2. The minimum absolute atomic E-state index is 0.607. The number of rotatable bonds is 3. The monoisotopic (exact) mass is 624 g/mol. The van der Waals surface area contributed by atoms with Crippen molar-refractivity contribution in [3.05, 3.63) is 163 Å². The van der Waals surface area contributed by atoms with Crippen molar-refractivity contribution in [1.29, 1.82) is 5.26 Å². The number of para-hydroxylation sites is 2. The molecule has 7 aromatic carbocycles. The Bertz CT molecular complexity index is 3090. The summed E-state index contributed by atoms with van der Waals surface area (Å²) in [5.41, 5.74) is 11.5. The zero-order valence-corrected chi connectivity index (χ0v) is 26.1. The van der Waals surface area contributed by atoms with Crippen molar-refractivity contribution in [1.82, 2.24) is 9.13 Å². The Morgan fingerprint density at radius 3 is 1.94 bits per heavy atom. The maximum Gasteiger partial charge on any atom is 0.188 e. The van der Waals surface area contributed by atoms with Gasteiger partial charge in [0.15, 0.2) is 5.69 Å². The average molecular weight is 625 g/mol. The van der Waals surface area contributed by atoms with Crippen molar-refractivity contribution >= 4 is 71.2 Å². The lowest BCUT2D eigenvalue weighted by molar-refractivity contribution is 0.669. The van der Waals surface area contributed by atoms with Crippen LogP contribution < -0.4 is 0 Å². The molecule has 0 atom stereocenters. The summed E-state index contributed by atoms with van der Waals surface area (Å²) in [6.07, 6.45) is 0. The standard InChI is InChI=1S/C44H24N4O/c1-46-30-17-19-39-36(25-30)43-40(20-21-42-44(43)34-13-3-5-15-41(34)49-42)48(39)32-11-7-9-29(24-32)28-8-6-10-31(23-28)47-37-14-4-2-12-33(37)35-22-27(26-45)16-18-38(35)47/h2-25H. The SMILES string of the molecule is [C-]#[N+]c1ccc2c(c1)c1c3c(ccc1n2-c1cccc(-c2cccc(-n4c5ccccc5c5cc(C#N)ccc54)c2)c1)oc1ccccc13. The minimum Gasteiger partial charge on any atom is -0.456 e. The summed E-state index contributed by atoms with van der Waals surface area (Å²) in [6.45, 7) is 7.75. The van der Waals surface area contributed by atoms with Crippen LogP contribution in [0.2, 0.25) is 0 Å². The van der Waals surface area contributed by atoms with Crippen molar-refractivity contribution in [3.8, 4) is 28.6 Å². The van der Waals surface area contributed by atoms with Gasteiger partial charge in [-0.3, -0.25) is 0 Å². The number of hydrogen-bond donors (Lipinski definition) is 0. The van der Waals surface area contributed by atoms with Crippen molar-refractivity contribution in [2.24, 2.45) is 0 Å². The lowest BCUT2D eigenvalue weighted by atomic mass is 10.0. The van der Waals surface area contributed by atoms with Crippen LogP contribution in [0.1, 0.15) is 5.56 Å². The third kappa shape index (κ3) is 3.91. The molecule has 0 N–H and O–H groups in total. The van der Waals surface area contributed by atoms with E-state index >= 15 is 0 Å². The van der Waals surface area contributed by atoms with Crippen LogP contribution in [0, 0.1) is 17.9 Å². The van der Waals surface area contributed by atoms with Gasteiger partial charge in [0.25, 0.3) is 0 Å². The first-order valence-electron chi connectivity index (χ1n) is 16.1. The van der Waals surface area contributed by atoms with Gasteiger partial charge in [-0.25, -0.2) is 4.85 Å². The number of furan rings is 1. The molecule has 5 nitrogen and oxygen atoms in total. The molecule has 5 heteroatoms. The largest absolute Gasteiger partial charge is 0.456 e. The Labute approximate surface area is 280 Å². The van der Waals surface area contributed by atoms with Crippen LogP contribution in [-0.2, 0) is 0 Å². The molecule has 3 heterocycles. The Morgan fingerprint density at radius 1 is 0.510 bits per heavy atom. The van der Waals surface area contributed by atoms with Gasteiger partial charge in [-0.15, -0.1) is 0 Å². The maximum atomic E-state index is 9.59. The van der Waals surface area contributed by atoms with E-state index in [1.165, 1.54) is 0 Å². The van der Waals surface area contributed by atoms with Crippen molar-refractivity contribution in [3.63, 3.8) is 0 Å². The summed E-state index contributed by atoms with van der Waals surface area (Å²) in [5.74, 6) is 0. The van der Waals surface area contributed by atoms with Crippen molar-refractivity contribution in [2.75, 3.05) is 0 Å². The first-order valence-corrected chi connectivity index (χ1v) is 16.1. The van der Waals surface area contributed by atoms with Crippen LogP contribution in [0.15, 0.2) is 150 Å². The third-order valence-electron chi connectivity index (χ3n) is 9.73. The first kappa shape index (κ1) is 27.1. The summed E-state index contributed by atoms with van der Waals surface area (Å²) in [5, 5.41) is 16.0. The Kier molecular flexibility index (Phi) is 5.64. The number of nitriles is 1. The van der Waals surface area contributed by atoms with E-state index in [9.17, 15) is 5.26 Å². The van der Waals surface area contributed by atoms with Gasteiger partial charge in [-0.2, -0.15) is 5.26 Å². The molecule has 3 aromatic heterocycles. The quantitative estimate of drug-likeness (QED) is 0.184. The zero-order chi connectivity index (χ0) is 32.6. The molecule has 0 unspecified atom stereocenters. The number of nitrogens with zero attached hydrogens (tertiary/aromatic N) is 4. The first-order chi connectivity index (χ1) is 24.2. The second-order valence-corrected chi connectivity index (χ2v) is 12.4. The molecule has 0 saturated carbocycles. The van der Waals surface area contributed by atoms with Crippen LogP contribution in [0.25, 0.3) is 92.9 Å². The van der Waals surface area contributed by atoms with Crippen LogP contribution in [0.4, 0.5) is 5.69 Å². The fourth-order valence-corrected chi connectivity index (χ4v) is 7.63. The fraction of sp³-hybridized carbons (Fsp3) is 0. The van der Waals surface area contributed by atoms with Crippen LogP contribution in [0.5, 0.6) is 0 Å². The molecule has 0 saturated heterocycles. The van der Waals surface area contributed by atoms with Gasteiger partial charge in [0.1, 0.15) is 11.2 Å². The van der Waals surface area contributed by atoms with E-state index in [-0.39, 0.29) is 0 Å². The zero-order valence-electron chi connectivity index (χ0n) is 26.1. The predicted octanol–water partition coefficient (Wildman–Crippen LogP) is 11.9. The molecule has 0 radical (unpaired) electrons. The molecule has 0 amide bonds. The summed E-state index contributed by atoms with van der Waals surface area (Å²) in [6, 6.07) is 52.1. The Hall–Kier alpha value is -7.08. The molecule has 10 rings (SSSR count). The topological polar surface area (TPSA) is 51.1 Å². The van der Waals surface area contributed by atoms with Crippen LogP contribution >= 0.6 is 0 Å². The second-order valence-electron chi connectivity index (χ2n) is 12.4. The molecule has 0 aliphatic carbocycles. The molecule has 0 aliphatic rings. The molecular weight excluding hydrogens is 601 g/mol. The number of aromatic nitrogens is 2. The normalized spacial score (nSPS) is 11.6. The molecule has 226 valence electrons. The lowest BCUT2D eigenvalue weighted by Gasteiger charge is -2.13. The molecule has 0 spiro atoms. The van der Waals surface area contributed by atoms with E-state index in [1.54, 1.807) is 0 Å². The van der Waals surface area contributed by atoms with Gasteiger partial charge in [-0.05, 0) is 95.4 Å². The van der Waals surface area contributed by atoms with Crippen molar-refractivity contribution < 1.29 is 4.42 Å². The van der Waals surface area contributed by atoms with Gasteiger partial charge in [0.05, 0.1) is 40.3 Å². The molecular formula is C44H24N4O. The van der Waals surface area contributed by atoms with Gasteiger partial charge in [0, 0.05) is 38.3 Å². The maximum absolute atomic E-state index is 9.59. The molecule has 0 bridgehead atoms. The second kappa shape index (κ2) is 10.2. The highest BCUT2D eigenvalue weighted by molar-refractivity contribution is 6.27. The lowest BCUT2D eigenvalue weighted by Crippen LogP contribution is -1.96. The highest BCUT2D eigenvalue weighted by Crippen LogP contribution is 2.42. The van der Waals surface area contributed by atoms with Gasteiger partial charge in [0.2, 0.25) is 0 Å². The number of fused-ring (bicyclic) bond motifs is 10. The Morgan fingerprint density at radius 2 is 1.16 bits per heavy atom. The van der Waals surface area contributed by atoms with Gasteiger partial charge < -0.3 is 13.6 Å². The van der Waals surface area contributed by atoms with Gasteiger partial charge >= 0.3 is 0 Å². The molecule has 10 aromatic rings.